The number of carbonyl (C=O) groups excluding carboxylic acids is 1. The molecule has 0 radical (unpaired) electrons. The van der Waals surface area contributed by atoms with Crippen LogP contribution in [0.25, 0.3) is 0 Å². The average molecular weight is 386 g/mol. The lowest BCUT2D eigenvalue weighted by Crippen LogP contribution is -2.44. The van der Waals surface area contributed by atoms with Crippen molar-refractivity contribution in [3.63, 3.8) is 0 Å². The minimum Gasteiger partial charge on any atom is -0.469 e. The SMILES string of the molecule is COC(=O)CCCC1Cc2cccc3c2C(CC2(CC4(CCCC4)CO2)O3)O1. The van der Waals surface area contributed by atoms with Crippen LogP contribution < -0.4 is 4.74 Å². The monoisotopic (exact) mass is 386 g/mol. The summed E-state index contributed by atoms with van der Waals surface area (Å²) in [5, 5.41) is 0. The molecule has 0 aromatic heterocycles. The molecule has 28 heavy (non-hydrogen) atoms. The molecule has 0 N–H and O–H groups in total. The predicted molar refractivity (Wildman–Crippen MR) is 103 cm³/mol. The summed E-state index contributed by atoms with van der Waals surface area (Å²) < 4.78 is 24.2. The highest BCUT2D eigenvalue weighted by Crippen LogP contribution is 2.57. The van der Waals surface area contributed by atoms with Crippen LogP contribution in [-0.4, -0.2) is 31.6 Å². The third-order valence-corrected chi connectivity index (χ3v) is 7.16. The van der Waals surface area contributed by atoms with Crippen LogP contribution in [0.5, 0.6) is 5.75 Å². The number of hydrogen-bond acceptors (Lipinski definition) is 5. The van der Waals surface area contributed by atoms with E-state index in [1.165, 1.54) is 43.9 Å². The smallest absolute Gasteiger partial charge is 0.305 e. The Morgan fingerprint density at radius 1 is 1.29 bits per heavy atom. The Balaban J connectivity index is 1.34. The molecule has 2 spiro atoms. The molecule has 1 aromatic carbocycles. The molecule has 4 aliphatic rings. The number of hydrogen-bond donors (Lipinski definition) is 0. The van der Waals surface area contributed by atoms with Crippen LogP contribution >= 0.6 is 0 Å². The Bertz CT molecular complexity index is 753. The molecule has 0 amide bonds. The third-order valence-electron chi connectivity index (χ3n) is 7.16. The molecule has 5 nitrogen and oxygen atoms in total. The van der Waals surface area contributed by atoms with Gasteiger partial charge in [-0.05, 0) is 43.7 Å². The van der Waals surface area contributed by atoms with Crippen LogP contribution in [-0.2, 0) is 25.4 Å². The Labute approximate surface area is 166 Å². The molecule has 3 heterocycles. The van der Waals surface area contributed by atoms with Gasteiger partial charge in [0.05, 0.1) is 25.9 Å². The van der Waals surface area contributed by atoms with E-state index in [0.29, 0.717) is 11.8 Å². The van der Waals surface area contributed by atoms with Crippen molar-refractivity contribution in [1.29, 1.82) is 0 Å². The van der Waals surface area contributed by atoms with E-state index in [2.05, 4.69) is 18.2 Å². The van der Waals surface area contributed by atoms with Gasteiger partial charge >= 0.3 is 5.97 Å². The highest BCUT2D eigenvalue weighted by atomic mass is 16.7. The van der Waals surface area contributed by atoms with E-state index in [0.717, 1.165) is 44.5 Å². The Kier molecular flexibility index (Phi) is 4.63. The molecule has 1 saturated carbocycles. The maximum absolute atomic E-state index is 11.4. The van der Waals surface area contributed by atoms with E-state index in [1.54, 1.807) is 0 Å². The number of benzene rings is 1. The first kappa shape index (κ1) is 18.4. The van der Waals surface area contributed by atoms with Crippen LogP contribution in [0.15, 0.2) is 18.2 Å². The third kappa shape index (κ3) is 3.22. The van der Waals surface area contributed by atoms with Crippen molar-refractivity contribution < 1.29 is 23.7 Å². The molecule has 152 valence electrons. The lowest BCUT2D eigenvalue weighted by molar-refractivity contribution is -0.197. The van der Waals surface area contributed by atoms with Crippen molar-refractivity contribution in [2.45, 2.75) is 82.2 Å². The molecule has 1 aliphatic carbocycles. The lowest BCUT2D eigenvalue weighted by atomic mass is 9.79. The van der Waals surface area contributed by atoms with Gasteiger partial charge in [0.15, 0.2) is 0 Å². The average Bonchev–Trinajstić information content (AvgIpc) is 3.28. The molecular weight excluding hydrogens is 356 g/mol. The van der Waals surface area contributed by atoms with Gasteiger partial charge < -0.3 is 18.9 Å². The van der Waals surface area contributed by atoms with Gasteiger partial charge in [-0.1, -0.05) is 25.0 Å². The lowest BCUT2D eigenvalue weighted by Gasteiger charge is -2.43. The topological polar surface area (TPSA) is 54.0 Å². The largest absolute Gasteiger partial charge is 0.469 e. The second kappa shape index (κ2) is 7.03. The Morgan fingerprint density at radius 2 is 2.14 bits per heavy atom. The molecule has 1 saturated heterocycles. The standard InChI is InChI=1S/C23H30O5/c1-25-20(24)9-5-7-17-12-16-6-4-8-18-21(16)19(27-17)13-23(28-18)14-22(15-26-23)10-2-3-11-22/h4,6,8,17,19H,2-3,5,7,9-15H2,1H3. The first-order valence-corrected chi connectivity index (χ1v) is 10.8. The molecule has 1 aromatic rings. The number of esters is 1. The van der Waals surface area contributed by atoms with E-state index in [4.69, 9.17) is 18.9 Å². The molecule has 0 bridgehead atoms. The molecule has 3 atom stereocenters. The zero-order valence-electron chi connectivity index (χ0n) is 16.7. The number of rotatable bonds is 4. The van der Waals surface area contributed by atoms with Crippen molar-refractivity contribution in [3.05, 3.63) is 29.3 Å². The second-order valence-electron chi connectivity index (χ2n) is 9.14. The number of methoxy groups -OCH3 is 1. The second-order valence-corrected chi connectivity index (χ2v) is 9.14. The van der Waals surface area contributed by atoms with Gasteiger partial charge in [0, 0.05) is 30.2 Å². The highest BCUT2D eigenvalue weighted by molar-refractivity contribution is 5.69. The number of carbonyl (C=O) groups is 1. The molecular formula is C23H30O5. The first-order valence-electron chi connectivity index (χ1n) is 10.8. The summed E-state index contributed by atoms with van der Waals surface area (Å²) in [7, 11) is 1.44. The van der Waals surface area contributed by atoms with Gasteiger partial charge in [-0.2, -0.15) is 0 Å². The van der Waals surface area contributed by atoms with Gasteiger partial charge in [-0.25, -0.2) is 0 Å². The van der Waals surface area contributed by atoms with Crippen LogP contribution in [0.2, 0.25) is 0 Å². The molecule has 5 rings (SSSR count). The van der Waals surface area contributed by atoms with E-state index in [-0.39, 0.29) is 18.2 Å². The van der Waals surface area contributed by atoms with Gasteiger partial charge in [0.2, 0.25) is 5.79 Å². The van der Waals surface area contributed by atoms with Crippen LogP contribution in [0, 0.1) is 5.41 Å². The van der Waals surface area contributed by atoms with Crippen LogP contribution in [0.4, 0.5) is 0 Å². The summed E-state index contributed by atoms with van der Waals surface area (Å²) in [6.07, 6.45) is 10.0. The highest BCUT2D eigenvalue weighted by Gasteiger charge is 2.56. The van der Waals surface area contributed by atoms with E-state index in [9.17, 15) is 4.79 Å². The number of ether oxygens (including phenoxy) is 4. The van der Waals surface area contributed by atoms with E-state index >= 15 is 0 Å². The zero-order chi connectivity index (χ0) is 19.2. The van der Waals surface area contributed by atoms with Gasteiger partial charge in [-0.3, -0.25) is 4.79 Å². The fraction of sp³-hybridized carbons (Fsp3) is 0.696. The molecule has 3 unspecified atom stereocenters. The minimum atomic E-state index is -0.533. The van der Waals surface area contributed by atoms with Crippen molar-refractivity contribution in [3.8, 4) is 5.75 Å². The normalized spacial score (nSPS) is 32.3. The summed E-state index contributed by atoms with van der Waals surface area (Å²) in [5.41, 5.74) is 2.84. The van der Waals surface area contributed by atoms with Gasteiger partial charge in [-0.15, -0.1) is 0 Å². The summed E-state index contributed by atoms with van der Waals surface area (Å²) in [6.45, 7) is 0.817. The summed E-state index contributed by atoms with van der Waals surface area (Å²) in [6, 6.07) is 6.34. The maximum Gasteiger partial charge on any atom is 0.305 e. The summed E-state index contributed by atoms with van der Waals surface area (Å²) in [4.78, 5) is 11.4. The Morgan fingerprint density at radius 3 is 2.96 bits per heavy atom. The minimum absolute atomic E-state index is 0.0216. The fourth-order valence-corrected chi connectivity index (χ4v) is 5.84. The summed E-state index contributed by atoms with van der Waals surface area (Å²) in [5.74, 6) is 0.260. The molecule has 5 heteroatoms. The van der Waals surface area contributed by atoms with Crippen molar-refractivity contribution in [2.24, 2.45) is 5.41 Å². The fourth-order valence-electron chi connectivity index (χ4n) is 5.84. The summed E-state index contributed by atoms with van der Waals surface area (Å²) >= 11 is 0. The van der Waals surface area contributed by atoms with Gasteiger partial charge in [0.25, 0.3) is 0 Å². The Hall–Kier alpha value is -1.59. The zero-order valence-corrected chi connectivity index (χ0v) is 16.7. The predicted octanol–water partition coefficient (Wildman–Crippen LogP) is 4.47. The first-order chi connectivity index (χ1) is 13.6. The van der Waals surface area contributed by atoms with E-state index < -0.39 is 5.79 Å². The maximum atomic E-state index is 11.4. The van der Waals surface area contributed by atoms with E-state index in [1.807, 2.05) is 0 Å². The van der Waals surface area contributed by atoms with Crippen molar-refractivity contribution >= 4 is 5.97 Å². The van der Waals surface area contributed by atoms with Crippen LogP contribution in [0.1, 0.15) is 75.0 Å². The quantitative estimate of drug-likeness (QED) is 0.715. The van der Waals surface area contributed by atoms with Crippen molar-refractivity contribution in [2.75, 3.05) is 13.7 Å². The van der Waals surface area contributed by atoms with Crippen molar-refractivity contribution in [1.82, 2.24) is 0 Å². The molecule has 3 aliphatic heterocycles. The van der Waals surface area contributed by atoms with Gasteiger partial charge in [0.1, 0.15) is 5.75 Å². The van der Waals surface area contributed by atoms with Crippen LogP contribution in [0.3, 0.4) is 0 Å². The molecule has 2 fully saturated rings.